The van der Waals surface area contributed by atoms with Crippen molar-refractivity contribution in [1.29, 1.82) is 0 Å². The second kappa shape index (κ2) is 4.24. The summed E-state index contributed by atoms with van der Waals surface area (Å²) in [5.41, 5.74) is 0.490. The van der Waals surface area contributed by atoms with Crippen LogP contribution in [0.2, 0.25) is 0 Å². The lowest BCUT2D eigenvalue weighted by Gasteiger charge is -2.06. The minimum atomic E-state index is -0.245. The van der Waals surface area contributed by atoms with Crippen LogP contribution in [-0.4, -0.2) is 15.7 Å². The van der Waals surface area contributed by atoms with Gasteiger partial charge in [-0.25, -0.2) is 0 Å². The minimum Gasteiger partial charge on any atom is -0.507 e. The highest BCUT2D eigenvalue weighted by atomic mass is 79.9. The molecule has 13 heavy (non-hydrogen) atoms. The Bertz CT molecular complexity index is 334. The lowest BCUT2D eigenvalue weighted by molar-refractivity contribution is 0.0994. The number of phenols is 1. The molecule has 0 saturated heterocycles. The van der Waals surface area contributed by atoms with Gasteiger partial charge in [0.1, 0.15) is 5.75 Å². The highest BCUT2D eigenvalue weighted by Gasteiger charge is 2.16. The number of benzene rings is 1. The number of aromatic hydroxyl groups is 1. The lowest BCUT2D eigenvalue weighted by Crippen LogP contribution is -2.10. The quantitative estimate of drug-likeness (QED) is 0.673. The molecule has 1 aromatic carbocycles. The standard InChI is InChI=1S/C9H8Br2O2/c1-5(10)9(13)6-3-2-4-7(12)8(6)11/h2-5,12H,1H3. The van der Waals surface area contributed by atoms with Crippen molar-refractivity contribution in [2.24, 2.45) is 0 Å². The van der Waals surface area contributed by atoms with E-state index >= 15 is 0 Å². The van der Waals surface area contributed by atoms with E-state index in [1.54, 1.807) is 19.1 Å². The Labute approximate surface area is 93.2 Å². The maximum absolute atomic E-state index is 11.5. The topological polar surface area (TPSA) is 37.3 Å². The fraction of sp³-hybridized carbons (Fsp3) is 0.222. The van der Waals surface area contributed by atoms with E-state index in [-0.39, 0.29) is 16.4 Å². The van der Waals surface area contributed by atoms with Crippen molar-refractivity contribution in [3.8, 4) is 5.75 Å². The summed E-state index contributed by atoms with van der Waals surface area (Å²) < 4.78 is 0.450. The average molecular weight is 308 g/mol. The highest BCUT2D eigenvalue weighted by molar-refractivity contribution is 9.10. The summed E-state index contributed by atoms with van der Waals surface area (Å²) in [5, 5.41) is 9.32. The normalized spacial score (nSPS) is 12.5. The predicted octanol–water partition coefficient (Wildman–Crippen LogP) is 3.12. The molecular formula is C9H8Br2O2. The van der Waals surface area contributed by atoms with Gasteiger partial charge in [-0.3, -0.25) is 4.79 Å². The van der Waals surface area contributed by atoms with Gasteiger partial charge in [-0.2, -0.15) is 0 Å². The Kier molecular flexibility index (Phi) is 3.50. The van der Waals surface area contributed by atoms with E-state index in [0.717, 1.165) is 0 Å². The molecule has 1 unspecified atom stereocenters. The molecule has 2 nitrogen and oxygen atoms in total. The fourth-order valence-corrected chi connectivity index (χ4v) is 1.63. The van der Waals surface area contributed by atoms with E-state index in [9.17, 15) is 9.90 Å². The Balaban J connectivity index is 3.15. The van der Waals surface area contributed by atoms with E-state index < -0.39 is 0 Å². The largest absolute Gasteiger partial charge is 0.507 e. The number of phenolic OH excluding ortho intramolecular Hbond substituents is 1. The monoisotopic (exact) mass is 306 g/mol. The van der Waals surface area contributed by atoms with Crippen LogP contribution in [0.25, 0.3) is 0 Å². The maximum Gasteiger partial charge on any atom is 0.177 e. The van der Waals surface area contributed by atoms with Gasteiger partial charge in [-0.05, 0) is 35.0 Å². The lowest BCUT2D eigenvalue weighted by atomic mass is 10.1. The van der Waals surface area contributed by atoms with Crippen molar-refractivity contribution in [3.05, 3.63) is 28.2 Å². The molecule has 1 aromatic rings. The molecule has 0 radical (unpaired) electrons. The maximum atomic E-state index is 11.5. The summed E-state index contributed by atoms with van der Waals surface area (Å²) in [4.78, 5) is 11.3. The molecule has 0 aliphatic heterocycles. The van der Waals surface area contributed by atoms with Crippen molar-refractivity contribution in [2.45, 2.75) is 11.8 Å². The minimum absolute atomic E-state index is 0.0530. The molecule has 0 aliphatic carbocycles. The third-order valence-corrected chi connectivity index (χ3v) is 2.85. The number of Topliss-reactive ketones (excluding diaryl/α,β-unsaturated/α-hetero) is 1. The van der Waals surface area contributed by atoms with Gasteiger partial charge in [0.05, 0.1) is 9.30 Å². The van der Waals surface area contributed by atoms with Crippen molar-refractivity contribution in [2.75, 3.05) is 0 Å². The van der Waals surface area contributed by atoms with Gasteiger partial charge in [0, 0.05) is 5.56 Å². The zero-order chi connectivity index (χ0) is 10.0. The Morgan fingerprint density at radius 3 is 2.69 bits per heavy atom. The number of carbonyl (C=O) groups excluding carboxylic acids is 1. The van der Waals surface area contributed by atoms with Gasteiger partial charge in [0.2, 0.25) is 0 Å². The first-order valence-electron chi connectivity index (χ1n) is 3.69. The van der Waals surface area contributed by atoms with Gasteiger partial charge in [-0.1, -0.05) is 22.0 Å². The molecule has 1 rings (SSSR count). The number of hydrogen-bond acceptors (Lipinski definition) is 2. The van der Waals surface area contributed by atoms with Crippen molar-refractivity contribution in [3.63, 3.8) is 0 Å². The molecule has 0 bridgehead atoms. The van der Waals surface area contributed by atoms with Crippen LogP contribution < -0.4 is 0 Å². The Morgan fingerprint density at radius 2 is 2.15 bits per heavy atom. The molecule has 1 N–H and O–H groups in total. The smallest absolute Gasteiger partial charge is 0.177 e. The molecule has 0 aromatic heterocycles. The molecule has 0 heterocycles. The van der Waals surface area contributed by atoms with Gasteiger partial charge < -0.3 is 5.11 Å². The molecule has 0 aliphatic rings. The SMILES string of the molecule is CC(Br)C(=O)c1cccc(O)c1Br. The number of hydrogen-bond donors (Lipinski definition) is 1. The molecule has 0 saturated carbocycles. The van der Waals surface area contributed by atoms with E-state index in [1.165, 1.54) is 6.07 Å². The van der Waals surface area contributed by atoms with Crippen LogP contribution in [0.3, 0.4) is 0 Å². The van der Waals surface area contributed by atoms with E-state index in [2.05, 4.69) is 31.9 Å². The molecule has 0 amide bonds. The first-order chi connectivity index (χ1) is 6.04. The fourth-order valence-electron chi connectivity index (χ4n) is 0.924. The van der Waals surface area contributed by atoms with Crippen LogP contribution in [0.15, 0.2) is 22.7 Å². The van der Waals surface area contributed by atoms with Gasteiger partial charge in [0.15, 0.2) is 5.78 Å². The van der Waals surface area contributed by atoms with Crippen LogP contribution >= 0.6 is 31.9 Å². The second-order valence-electron chi connectivity index (χ2n) is 2.62. The summed E-state index contributed by atoms with van der Waals surface area (Å²) in [6.45, 7) is 1.75. The molecule has 0 fully saturated rings. The van der Waals surface area contributed by atoms with Crippen molar-refractivity contribution >= 4 is 37.6 Å². The van der Waals surface area contributed by atoms with E-state index in [4.69, 9.17) is 0 Å². The molecular weight excluding hydrogens is 300 g/mol. The second-order valence-corrected chi connectivity index (χ2v) is 4.79. The van der Waals surface area contributed by atoms with Gasteiger partial charge in [-0.15, -0.1) is 0 Å². The van der Waals surface area contributed by atoms with Crippen LogP contribution in [0.4, 0.5) is 0 Å². The van der Waals surface area contributed by atoms with Gasteiger partial charge in [0.25, 0.3) is 0 Å². The number of halogens is 2. The number of ketones is 1. The summed E-state index contributed by atoms with van der Waals surface area (Å²) in [6.07, 6.45) is 0. The summed E-state index contributed by atoms with van der Waals surface area (Å²) in [7, 11) is 0. The number of alkyl halides is 1. The average Bonchev–Trinajstić information content (AvgIpc) is 2.08. The summed E-state index contributed by atoms with van der Waals surface area (Å²) in [5.74, 6) is 0.0294. The molecule has 1 atom stereocenters. The molecule has 70 valence electrons. The van der Waals surface area contributed by atoms with E-state index in [0.29, 0.717) is 10.0 Å². The van der Waals surface area contributed by atoms with Crippen LogP contribution in [0, 0.1) is 0 Å². The third kappa shape index (κ3) is 2.31. The van der Waals surface area contributed by atoms with E-state index in [1.807, 2.05) is 0 Å². The summed E-state index contributed by atoms with van der Waals surface area (Å²) >= 11 is 6.34. The van der Waals surface area contributed by atoms with Crippen LogP contribution in [0.1, 0.15) is 17.3 Å². The predicted molar refractivity (Wildman–Crippen MR) is 58.5 cm³/mol. The number of carbonyl (C=O) groups is 1. The molecule has 4 heteroatoms. The Hall–Kier alpha value is -0.350. The number of rotatable bonds is 2. The molecule has 0 spiro atoms. The first kappa shape index (κ1) is 10.7. The Morgan fingerprint density at radius 1 is 1.54 bits per heavy atom. The van der Waals surface area contributed by atoms with Crippen LogP contribution in [0.5, 0.6) is 5.75 Å². The zero-order valence-electron chi connectivity index (χ0n) is 6.92. The summed E-state index contributed by atoms with van der Waals surface area (Å²) in [6, 6.07) is 4.84. The third-order valence-electron chi connectivity index (χ3n) is 1.61. The van der Waals surface area contributed by atoms with Crippen LogP contribution in [-0.2, 0) is 0 Å². The zero-order valence-corrected chi connectivity index (χ0v) is 10.1. The van der Waals surface area contributed by atoms with Gasteiger partial charge >= 0.3 is 0 Å². The highest BCUT2D eigenvalue weighted by Crippen LogP contribution is 2.28. The first-order valence-corrected chi connectivity index (χ1v) is 5.40. The van der Waals surface area contributed by atoms with Crippen molar-refractivity contribution in [1.82, 2.24) is 0 Å². The van der Waals surface area contributed by atoms with Crippen molar-refractivity contribution < 1.29 is 9.90 Å².